The summed E-state index contributed by atoms with van der Waals surface area (Å²) in [5.41, 5.74) is 1.72. The van der Waals surface area contributed by atoms with E-state index in [1.54, 1.807) is 0 Å². The maximum atomic E-state index is 13.9. The van der Waals surface area contributed by atoms with Crippen LogP contribution in [0.15, 0.2) is 53.9 Å². The molecule has 1 aliphatic heterocycles. The van der Waals surface area contributed by atoms with Crippen molar-refractivity contribution in [2.45, 2.75) is 71.0 Å². The summed E-state index contributed by atoms with van der Waals surface area (Å²) in [5, 5.41) is 25.4. The normalized spacial score (nSPS) is 17.1. The maximum absolute atomic E-state index is 13.9. The topological polar surface area (TPSA) is 137 Å². The van der Waals surface area contributed by atoms with Crippen molar-refractivity contribution in [1.82, 2.24) is 21.3 Å². The number of hydrogen-bond acceptors (Lipinski definition) is 6. The zero-order valence-corrected chi connectivity index (χ0v) is 25.8. The summed E-state index contributed by atoms with van der Waals surface area (Å²) in [6.45, 7) is 6.07. The minimum absolute atomic E-state index is 0.0704. The molecule has 9 nitrogen and oxygen atoms in total. The lowest BCUT2D eigenvalue weighted by Crippen LogP contribution is -2.56. The molecule has 1 saturated heterocycles. The van der Waals surface area contributed by atoms with Gasteiger partial charge in [0.25, 0.3) is 5.91 Å². The van der Waals surface area contributed by atoms with E-state index in [-0.39, 0.29) is 36.7 Å². The van der Waals surface area contributed by atoms with Crippen molar-refractivity contribution in [2.75, 3.05) is 13.2 Å². The number of aliphatic hydroxyl groups excluding tert-OH is 1. The quantitative estimate of drug-likeness (QED) is 0.203. The number of nitrogens with one attached hydrogen (secondary N) is 4. The van der Waals surface area contributed by atoms with Gasteiger partial charge in [-0.3, -0.25) is 19.2 Å². The third-order valence-corrected chi connectivity index (χ3v) is 8.88. The second-order valence-electron chi connectivity index (χ2n) is 11.7. The smallest absolute Gasteiger partial charge is 0.262 e. The van der Waals surface area contributed by atoms with E-state index in [1.807, 2.05) is 74.7 Å². The third kappa shape index (κ3) is 8.64. The van der Waals surface area contributed by atoms with Gasteiger partial charge in [-0.05, 0) is 71.9 Å². The average molecular weight is 607 g/mol. The molecule has 2 aromatic carbocycles. The molecule has 0 saturated carbocycles. The van der Waals surface area contributed by atoms with Gasteiger partial charge in [0, 0.05) is 18.9 Å². The molecular formula is C33H42N4O5S. The van der Waals surface area contributed by atoms with Crippen LogP contribution in [0.2, 0.25) is 0 Å². The van der Waals surface area contributed by atoms with Crippen LogP contribution in [-0.2, 0) is 20.8 Å². The van der Waals surface area contributed by atoms with Crippen LogP contribution in [0.3, 0.4) is 0 Å². The largest absolute Gasteiger partial charge is 0.394 e. The second-order valence-corrected chi connectivity index (χ2v) is 12.7. The first-order valence-corrected chi connectivity index (χ1v) is 15.8. The first kappa shape index (κ1) is 32.2. The van der Waals surface area contributed by atoms with E-state index >= 15 is 0 Å². The maximum Gasteiger partial charge on any atom is 0.262 e. The van der Waals surface area contributed by atoms with Gasteiger partial charge in [0.05, 0.1) is 17.5 Å². The van der Waals surface area contributed by atoms with Crippen molar-refractivity contribution in [3.63, 3.8) is 0 Å². The Morgan fingerprint density at radius 2 is 1.74 bits per heavy atom. The highest BCUT2D eigenvalue weighted by atomic mass is 32.1. The highest BCUT2D eigenvalue weighted by molar-refractivity contribution is 7.12. The van der Waals surface area contributed by atoms with Crippen molar-refractivity contribution in [1.29, 1.82) is 0 Å². The van der Waals surface area contributed by atoms with Gasteiger partial charge in [-0.1, -0.05) is 56.3 Å². The van der Waals surface area contributed by atoms with E-state index in [4.69, 9.17) is 0 Å². The Hall–Kier alpha value is -3.76. The van der Waals surface area contributed by atoms with Crippen molar-refractivity contribution >= 4 is 45.7 Å². The number of hydrogen-bond donors (Lipinski definition) is 5. The Morgan fingerprint density at radius 1 is 1.00 bits per heavy atom. The van der Waals surface area contributed by atoms with Crippen LogP contribution in [0.1, 0.15) is 60.3 Å². The third-order valence-electron chi connectivity index (χ3n) is 7.87. The Balaban J connectivity index is 1.54. The minimum atomic E-state index is -0.943. The Morgan fingerprint density at radius 3 is 2.44 bits per heavy atom. The van der Waals surface area contributed by atoms with E-state index in [0.717, 1.165) is 28.3 Å². The predicted molar refractivity (Wildman–Crippen MR) is 169 cm³/mol. The van der Waals surface area contributed by atoms with E-state index in [9.17, 15) is 24.3 Å². The fourth-order valence-corrected chi connectivity index (χ4v) is 6.42. The molecule has 2 heterocycles. The number of carbonyl (C=O) groups is 4. The van der Waals surface area contributed by atoms with Crippen molar-refractivity contribution < 1.29 is 24.3 Å². The summed E-state index contributed by atoms with van der Waals surface area (Å²) in [7, 11) is 0. The molecule has 0 radical (unpaired) electrons. The van der Waals surface area contributed by atoms with Crippen LogP contribution in [-0.4, -0.2) is 60.0 Å². The average Bonchev–Trinajstić information content (AvgIpc) is 3.42. The zero-order chi connectivity index (χ0) is 30.9. The monoisotopic (exact) mass is 606 g/mol. The van der Waals surface area contributed by atoms with Gasteiger partial charge in [0.15, 0.2) is 0 Å². The molecule has 5 N–H and O–H groups in total. The van der Waals surface area contributed by atoms with Crippen molar-refractivity contribution in [3.05, 3.63) is 69.9 Å². The number of carbonyl (C=O) groups excluding carboxylic acids is 4. The second kappa shape index (κ2) is 15.1. The molecule has 4 rings (SSSR count). The van der Waals surface area contributed by atoms with Crippen LogP contribution in [0.25, 0.3) is 10.8 Å². The number of aliphatic hydroxyl groups is 1. The van der Waals surface area contributed by atoms with Gasteiger partial charge in [-0.15, -0.1) is 11.3 Å². The van der Waals surface area contributed by atoms with Crippen LogP contribution in [0.5, 0.6) is 0 Å². The molecule has 4 atom stereocenters. The molecule has 0 aliphatic carbocycles. The van der Waals surface area contributed by atoms with Crippen LogP contribution in [0.4, 0.5) is 0 Å². The van der Waals surface area contributed by atoms with Gasteiger partial charge in [-0.25, -0.2) is 0 Å². The number of amides is 4. The summed E-state index contributed by atoms with van der Waals surface area (Å²) < 4.78 is 0. The molecule has 3 aromatic rings. The molecule has 1 aromatic heterocycles. The molecule has 230 valence electrons. The number of aryl methyl sites for hydroxylation is 1. The summed E-state index contributed by atoms with van der Waals surface area (Å²) >= 11 is 1.31. The van der Waals surface area contributed by atoms with Crippen LogP contribution >= 0.6 is 11.3 Å². The molecule has 0 bridgehead atoms. The van der Waals surface area contributed by atoms with E-state index < -0.39 is 29.9 Å². The van der Waals surface area contributed by atoms with Crippen LogP contribution in [0, 0.1) is 18.8 Å². The lowest BCUT2D eigenvalue weighted by Gasteiger charge is -2.28. The van der Waals surface area contributed by atoms with Crippen LogP contribution < -0.4 is 21.3 Å². The lowest BCUT2D eigenvalue weighted by molar-refractivity contribution is -0.131. The number of thiophene rings is 1. The highest BCUT2D eigenvalue weighted by Crippen LogP contribution is 2.22. The van der Waals surface area contributed by atoms with E-state index in [1.165, 1.54) is 11.3 Å². The first-order chi connectivity index (χ1) is 20.7. The molecule has 4 amide bonds. The molecule has 0 spiro atoms. The summed E-state index contributed by atoms with van der Waals surface area (Å²) in [6, 6.07) is 13.1. The Bertz CT molecular complexity index is 1430. The summed E-state index contributed by atoms with van der Waals surface area (Å²) in [5.74, 6) is -1.52. The number of rotatable bonds is 13. The standard InChI is InChI=1S/C33H42N4O5S/c1-20(2)16-27(31(40)35-25(19-38)17-24-11-7-14-34-30(24)39)36-32(41)28(37-33(42)29-21(3)13-15-43-29)18-23-10-6-9-22-8-4-5-12-26(22)23/h4-6,8-10,12-13,15,20,24-25,27-28,38H,7,11,14,16-19H2,1-3H3,(H,34,39)(H,35,40)(H,36,41)(H,37,42)/t24-,25-,27-,28?/m0/s1. The Kier molecular flexibility index (Phi) is 11.3. The summed E-state index contributed by atoms with van der Waals surface area (Å²) in [4.78, 5) is 53.4. The minimum Gasteiger partial charge on any atom is -0.394 e. The first-order valence-electron chi connectivity index (χ1n) is 15.0. The number of piperidine rings is 1. The molecule has 43 heavy (non-hydrogen) atoms. The molecule has 10 heteroatoms. The molecular weight excluding hydrogens is 564 g/mol. The lowest BCUT2D eigenvalue weighted by atomic mass is 9.91. The fraction of sp³-hybridized carbons (Fsp3) is 0.455. The number of benzene rings is 2. The molecule has 1 aliphatic rings. The van der Waals surface area contributed by atoms with Crippen molar-refractivity contribution in [2.24, 2.45) is 11.8 Å². The Labute approximate surface area is 256 Å². The zero-order valence-electron chi connectivity index (χ0n) is 25.0. The highest BCUT2D eigenvalue weighted by Gasteiger charge is 2.31. The van der Waals surface area contributed by atoms with E-state index in [0.29, 0.717) is 30.7 Å². The van der Waals surface area contributed by atoms with Gasteiger partial charge in [0.2, 0.25) is 17.7 Å². The molecule has 1 fully saturated rings. The SMILES string of the molecule is Cc1ccsc1C(=O)NC(Cc1cccc2ccccc12)C(=O)N[C@@H](CC(C)C)C(=O)N[C@H](CO)C[C@@H]1CCCNC1=O. The molecule has 1 unspecified atom stereocenters. The predicted octanol–water partition coefficient (Wildman–Crippen LogP) is 3.48. The van der Waals surface area contributed by atoms with E-state index in [2.05, 4.69) is 21.3 Å². The fourth-order valence-electron chi connectivity index (χ4n) is 5.59. The van der Waals surface area contributed by atoms with Gasteiger partial charge < -0.3 is 26.4 Å². The summed E-state index contributed by atoms with van der Waals surface area (Å²) in [6.07, 6.45) is 2.46. The van der Waals surface area contributed by atoms with Gasteiger partial charge in [0.1, 0.15) is 12.1 Å². The number of fused-ring (bicyclic) bond motifs is 1. The van der Waals surface area contributed by atoms with Gasteiger partial charge >= 0.3 is 0 Å². The van der Waals surface area contributed by atoms with Crippen molar-refractivity contribution in [3.8, 4) is 0 Å². The van der Waals surface area contributed by atoms with Gasteiger partial charge in [-0.2, -0.15) is 0 Å².